The molecule has 0 aromatic heterocycles. The van der Waals surface area contributed by atoms with Crippen molar-refractivity contribution in [2.45, 2.75) is 32.6 Å². The number of nitrogens with zero attached hydrogens (tertiary/aromatic N) is 1. The van der Waals surface area contributed by atoms with Crippen molar-refractivity contribution in [1.29, 1.82) is 0 Å². The highest BCUT2D eigenvalue weighted by atomic mass is 35.5. The van der Waals surface area contributed by atoms with Crippen LogP contribution in [-0.4, -0.2) is 36.8 Å². The summed E-state index contributed by atoms with van der Waals surface area (Å²) in [4.78, 5) is 11.0. The molecule has 0 amide bonds. The second kappa shape index (κ2) is 5.98. The number of hydrogen-bond acceptors (Lipinski definition) is 3. The Kier molecular flexibility index (Phi) is 5.21. The third kappa shape index (κ3) is 3.71. The van der Waals surface area contributed by atoms with E-state index >= 15 is 0 Å². The fraction of sp³-hybridized carbons (Fsp3) is 0.900. The Labute approximate surface area is 102 Å². The summed E-state index contributed by atoms with van der Waals surface area (Å²) >= 11 is 5.42. The van der Waals surface area contributed by atoms with Crippen LogP contribution in [0.5, 0.6) is 0 Å². The SMILES string of the molecule is CCCCS(=O)(=O)N1CCCC(C(=O)Cl)C1. The predicted octanol–water partition coefficient (Wildman–Crippen LogP) is 1.59. The zero-order chi connectivity index (χ0) is 12.2. The van der Waals surface area contributed by atoms with Gasteiger partial charge in [-0.2, -0.15) is 0 Å². The third-order valence-electron chi connectivity index (χ3n) is 2.85. The molecule has 0 spiro atoms. The maximum absolute atomic E-state index is 11.9. The number of unbranched alkanes of at least 4 members (excludes halogenated alkanes) is 1. The van der Waals surface area contributed by atoms with Gasteiger partial charge in [0.1, 0.15) is 0 Å². The van der Waals surface area contributed by atoms with Crippen molar-refractivity contribution in [2.75, 3.05) is 18.8 Å². The van der Waals surface area contributed by atoms with Crippen LogP contribution >= 0.6 is 11.6 Å². The molecule has 1 rings (SSSR count). The van der Waals surface area contributed by atoms with Crippen molar-refractivity contribution < 1.29 is 13.2 Å². The lowest BCUT2D eigenvalue weighted by molar-refractivity contribution is -0.116. The molecule has 1 heterocycles. The molecule has 1 aliphatic rings. The molecule has 1 aliphatic heterocycles. The maximum Gasteiger partial charge on any atom is 0.226 e. The molecule has 0 bridgehead atoms. The van der Waals surface area contributed by atoms with E-state index in [0.717, 1.165) is 6.42 Å². The van der Waals surface area contributed by atoms with E-state index in [0.29, 0.717) is 25.8 Å². The number of halogens is 1. The summed E-state index contributed by atoms with van der Waals surface area (Å²) < 4.78 is 25.2. The van der Waals surface area contributed by atoms with Crippen LogP contribution in [0.25, 0.3) is 0 Å². The largest absolute Gasteiger partial charge is 0.281 e. The fourth-order valence-corrected chi connectivity index (χ4v) is 3.74. The molecule has 6 heteroatoms. The summed E-state index contributed by atoms with van der Waals surface area (Å²) in [6.45, 7) is 2.73. The van der Waals surface area contributed by atoms with Crippen molar-refractivity contribution in [3.63, 3.8) is 0 Å². The third-order valence-corrected chi connectivity index (χ3v) is 5.09. The van der Waals surface area contributed by atoms with Crippen molar-refractivity contribution in [1.82, 2.24) is 4.31 Å². The molecule has 0 saturated carbocycles. The Bertz CT molecular complexity index is 342. The van der Waals surface area contributed by atoms with E-state index in [1.807, 2.05) is 6.92 Å². The van der Waals surface area contributed by atoms with E-state index in [1.165, 1.54) is 4.31 Å². The number of carbonyl (C=O) groups is 1. The van der Waals surface area contributed by atoms with E-state index in [9.17, 15) is 13.2 Å². The van der Waals surface area contributed by atoms with Crippen LogP contribution < -0.4 is 0 Å². The second-order valence-corrected chi connectivity index (χ2v) is 6.63. The molecular formula is C10H18ClNO3S. The first-order chi connectivity index (χ1) is 7.47. The average molecular weight is 268 g/mol. The number of carbonyl (C=O) groups excluding carboxylic acids is 1. The van der Waals surface area contributed by atoms with Crippen LogP contribution in [-0.2, 0) is 14.8 Å². The highest BCUT2D eigenvalue weighted by molar-refractivity contribution is 7.89. The van der Waals surface area contributed by atoms with Crippen LogP contribution in [0.3, 0.4) is 0 Å². The van der Waals surface area contributed by atoms with Gasteiger partial charge in [0.05, 0.1) is 5.75 Å². The molecule has 1 unspecified atom stereocenters. The molecule has 1 saturated heterocycles. The Morgan fingerprint density at radius 1 is 1.50 bits per heavy atom. The lowest BCUT2D eigenvalue weighted by Crippen LogP contribution is -2.42. The molecular weight excluding hydrogens is 250 g/mol. The van der Waals surface area contributed by atoms with Gasteiger partial charge < -0.3 is 0 Å². The molecule has 0 N–H and O–H groups in total. The monoisotopic (exact) mass is 267 g/mol. The number of rotatable bonds is 5. The highest BCUT2D eigenvalue weighted by Gasteiger charge is 2.30. The summed E-state index contributed by atoms with van der Waals surface area (Å²) in [5.74, 6) is -0.154. The van der Waals surface area contributed by atoms with Gasteiger partial charge in [0.25, 0.3) is 0 Å². The Balaban J connectivity index is 2.62. The maximum atomic E-state index is 11.9. The standard InChI is InChI=1S/C10H18ClNO3S/c1-2-3-7-16(14,15)12-6-4-5-9(8-12)10(11)13/h9H,2-8H2,1H3. The topological polar surface area (TPSA) is 54.5 Å². The van der Waals surface area contributed by atoms with E-state index < -0.39 is 15.3 Å². The summed E-state index contributed by atoms with van der Waals surface area (Å²) in [5, 5.41) is -0.421. The molecule has 1 fully saturated rings. The summed E-state index contributed by atoms with van der Waals surface area (Å²) in [6, 6.07) is 0. The van der Waals surface area contributed by atoms with Crippen molar-refractivity contribution in [3.05, 3.63) is 0 Å². The Morgan fingerprint density at radius 3 is 2.75 bits per heavy atom. The summed E-state index contributed by atoms with van der Waals surface area (Å²) in [6.07, 6.45) is 2.93. The van der Waals surface area contributed by atoms with Gasteiger partial charge in [-0.1, -0.05) is 13.3 Å². The first-order valence-corrected chi connectivity index (χ1v) is 7.63. The van der Waals surface area contributed by atoms with Crippen LogP contribution in [0.4, 0.5) is 0 Å². The second-order valence-electron chi connectivity index (χ2n) is 4.17. The van der Waals surface area contributed by atoms with E-state index in [2.05, 4.69) is 0 Å². The smallest absolute Gasteiger partial charge is 0.226 e. The quantitative estimate of drug-likeness (QED) is 0.711. The van der Waals surface area contributed by atoms with Gasteiger partial charge in [-0.15, -0.1) is 0 Å². The van der Waals surface area contributed by atoms with Crippen molar-refractivity contribution >= 4 is 26.9 Å². The van der Waals surface area contributed by atoms with Gasteiger partial charge in [0.2, 0.25) is 15.3 Å². The molecule has 0 aromatic carbocycles. The van der Waals surface area contributed by atoms with E-state index in [4.69, 9.17) is 11.6 Å². The molecule has 4 nitrogen and oxygen atoms in total. The molecule has 16 heavy (non-hydrogen) atoms. The number of hydrogen-bond donors (Lipinski definition) is 0. The normalized spacial score (nSPS) is 23.2. The lowest BCUT2D eigenvalue weighted by Gasteiger charge is -2.30. The van der Waals surface area contributed by atoms with Crippen molar-refractivity contribution in [2.24, 2.45) is 5.92 Å². The first kappa shape index (κ1) is 13.9. The number of sulfonamides is 1. The van der Waals surface area contributed by atoms with Gasteiger partial charge in [-0.25, -0.2) is 12.7 Å². The zero-order valence-corrected chi connectivity index (χ0v) is 11.1. The van der Waals surface area contributed by atoms with Crippen LogP contribution in [0, 0.1) is 5.92 Å². The minimum atomic E-state index is -3.19. The number of piperidine rings is 1. The van der Waals surface area contributed by atoms with Gasteiger partial charge in [-0.3, -0.25) is 4.79 Å². The van der Waals surface area contributed by atoms with E-state index in [1.54, 1.807) is 0 Å². The van der Waals surface area contributed by atoms with Gasteiger partial charge >= 0.3 is 0 Å². The van der Waals surface area contributed by atoms with E-state index in [-0.39, 0.29) is 18.2 Å². The highest BCUT2D eigenvalue weighted by Crippen LogP contribution is 2.21. The minimum absolute atomic E-state index is 0.173. The van der Waals surface area contributed by atoms with Crippen LogP contribution in [0.2, 0.25) is 0 Å². The lowest BCUT2D eigenvalue weighted by atomic mass is 10.0. The predicted molar refractivity (Wildman–Crippen MR) is 63.9 cm³/mol. The molecule has 94 valence electrons. The average Bonchev–Trinajstić information content (AvgIpc) is 2.26. The van der Waals surface area contributed by atoms with Crippen LogP contribution in [0.1, 0.15) is 32.6 Å². The van der Waals surface area contributed by atoms with Gasteiger partial charge in [0, 0.05) is 19.0 Å². The Morgan fingerprint density at radius 2 is 2.19 bits per heavy atom. The summed E-state index contributed by atoms with van der Waals surface area (Å²) in [5.41, 5.74) is 0. The Hall–Kier alpha value is -0.130. The summed E-state index contributed by atoms with van der Waals surface area (Å²) in [7, 11) is -3.19. The van der Waals surface area contributed by atoms with Gasteiger partial charge in [0.15, 0.2) is 0 Å². The van der Waals surface area contributed by atoms with Crippen molar-refractivity contribution in [3.8, 4) is 0 Å². The molecule has 0 aromatic rings. The minimum Gasteiger partial charge on any atom is -0.281 e. The first-order valence-electron chi connectivity index (χ1n) is 5.64. The fourth-order valence-electron chi connectivity index (χ4n) is 1.84. The van der Waals surface area contributed by atoms with Crippen LogP contribution in [0.15, 0.2) is 0 Å². The molecule has 0 radical (unpaired) electrons. The molecule has 1 atom stereocenters. The molecule has 0 aliphatic carbocycles. The zero-order valence-electron chi connectivity index (χ0n) is 9.49. The van der Waals surface area contributed by atoms with Gasteiger partial charge in [-0.05, 0) is 30.9 Å².